The van der Waals surface area contributed by atoms with Crippen LogP contribution >= 0.6 is 11.6 Å². The van der Waals surface area contributed by atoms with Crippen molar-refractivity contribution in [3.05, 3.63) is 130 Å². The summed E-state index contributed by atoms with van der Waals surface area (Å²) in [5, 5.41) is 11.9. The number of hydrogen-bond donors (Lipinski definition) is 1. The monoisotopic (exact) mass is 700 g/mol. The van der Waals surface area contributed by atoms with Crippen LogP contribution in [0.25, 0.3) is 0 Å². The molecule has 0 spiro atoms. The fraction of sp³-hybridized carbons (Fsp3) is 0.244. The predicted octanol–water partition coefficient (Wildman–Crippen LogP) is 6.62. The number of anilines is 2. The third-order valence-electron chi connectivity index (χ3n) is 11.2. The lowest BCUT2D eigenvalue weighted by atomic mass is 9.49. The maximum Gasteiger partial charge on any atom is 0.246 e. The van der Waals surface area contributed by atoms with E-state index in [4.69, 9.17) is 16.3 Å². The maximum atomic E-state index is 15.3. The molecule has 2 saturated heterocycles. The fourth-order valence-corrected chi connectivity index (χ4v) is 9.26. The summed E-state index contributed by atoms with van der Waals surface area (Å²) in [6.45, 7) is 1.45. The maximum absolute atomic E-state index is 15.3. The zero-order valence-electron chi connectivity index (χ0n) is 27.8. The Kier molecular flexibility index (Phi) is 7.72. The SMILES string of the molecule is COc1ccc(O)c(C2C3=CCC4C(=O)N(c5ccc(C(C)=O)cc5)C(=O)C4C3CC3C(=O)N(c4cccc(Cl)c4)C(=O)C32c2ccccc2)c1. The number of ether oxygens (including phenoxy) is 1. The summed E-state index contributed by atoms with van der Waals surface area (Å²) in [5.74, 6) is -5.49. The zero-order chi connectivity index (χ0) is 35.8. The van der Waals surface area contributed by atoms with E-state index in [0.29, 0.717) is 44.4 Å². The van der Waals surface area contributed by atoms with Gasteiger partial charge in [0.05, 0.1) is 41.7 Å². The molecule has 9 nitrogen and oxygen atoms in total. The number of phenolic OH excluding ortho intramolecular Hbond substituents is 1. The molecule has 2 aliphatic heterocycles. The average Bonchev–Trinajstić information content (AvgIpc) is 3.53. The van der Waals surface area contributed by atoms with E-state index in [1.807, 2.05) is 36.4 Å². The van der Waals surface area contributed by atoms with Crippen molar-refractivity contribution in [3.63, 3.8) is 0 Å². The normalized spacial score (nSPS) is 26.8. The molecular formula is C41H33ClN2O7. The molecule has 0 bridgehead atoms. The standard InChI is InChI=1S/C41H33ClN2O7/c1-22(45)23-11-13-26(14-12-23)43-37(47)30-17-16-29-31(35(30)39(43)49)21-33-38(48)44(27-10-6-9-25(42)19-27)40(50)41(33,24-7-4-3-5-8-24)36(29)32-20-28(51-2)15-18-34(32)46/h3-16,18-20,30-31,33,35-36,46H,17,21H2,1-2H3. The number of fused-ring (bicyclic) bond motifs is 4. The van der Waals surface area contributed by atoms with Crippen LogP contribution in [0.1, 0.15) is 47.2 Å². The van der Waals surface area contributed by atoms with E-state index in [1.54, 1.807) is 60.7 Å². The van der Waals surface area contributed by atoms with E-state index < -0.39 is 52.7 Å². The van der Waals surface area contributed by atoms with Crippen molar-refractivity contribution in [3.8, 4) is 11.5 Å². The number of nitrogens with zero attached hydrogens (tertiary/aromatic N) is 2. The van der Waals surface area contributed by atoms with Gasteiger partial charge < -0.3 is 9.84 Å². The highest BCUT2D eigenvalue weighted by molar-refractivity contribution is 6.32. The minimum absolute atomic E-state index is 0.0963. The highest BCUT2D eigenvalue weighted by atomic mass is 35.5. The third-order valence-corrected chi connectivity index (χ3v) is 11.5. The number of hydrogen-bond acceptors (Lipinski definition) is 7. The summed E-state index contributed by atoms with van der Waals surface area (Å²) in [4.78, 5) is 73.1. The van der Waals surface area contributed by atoms with Gasteiger partial charge in [-0.1, -0.05) is 59.6 Å². The lowest BCUT2D eigenvalue weighted by molar-refractivity contribution is -0.127. The Morgan fingerprint density at radius 1 is 0.824 bits per heavy atom. The van der Waals surface area contributed by atoms with Crippen LogP contribution in [-0.2, 0) is 24.6 Å². The number of benzene rings is 4. The van der Waals surface area contributed by atoms with Crippen LogP contribution in [0, 0.1) is 23.7 Å². The fourth-order valence-electron chi connectivity index (χ4n) is 9.08. The van der Waals surface area contributed by atoms with Crippen LogP contribution in [0.4, 0.5) is 11.4 Å². The second kappa shape index (κ2) is 12.1. The molecule has 4 aromatic rings. The summed E-state index contributed by atoms with van der Waals surface area (Å²) in [6, 6.07) is 26.9. The summed E-state index contributed by atoms with van der Waals surface area (Å²) in [6.07, 6.45) is 2.27. The second-order valence-electron chi connectivity index (χ2n) is 13.6. The van der Waals surface area contributed by atoms with Crippen molar-refractivity contribution in [1.82, 2.24) is 0 Å². The molecule has 6 atom stereocenters. The second-order valence-corrected chi connectivity index (χ2v) is 14.1. The van der Waals surface area contributed by atoms with E-state index in [1.165, 1.54) is 29.9 Å². The van der Waals surface area contributed by atoms with Gasteiger partial charge in [0.15, 0.2) is 5.78 Å². The van der Waals surface area contributed by atoms with E-state index in [-0.39, 0.29) is 30.3 Å². The molecule has 4 amide bonds. The van der Waals surface area contributed by atoms with E-state index in [9.17, 15) is 24.3 Å². The first-order valence-electron chi connectivity index (χ1n) is 16.8. The molecule has 3 fully saturated rings. The number of imide groups is 2. The first-order valence-corrected chi connectivity index (χ1v) is 17.2. The topological polar surface area (TPSA) is 121 Å². The lowest BCUT2D eigenvalue weighted by Gasteiger charge is -2.50. The lowest BCUT2D eigenvalue weighted by Crippen LogP contribution is -2.53. The van der Waals surface area contributed by atoms with Gasteiger partial charge in [-0.3, -0.25) is 28.9 Å². The quantitative estimate of drug-likeness (QED) is 0.136. The third kappa shape index (κ3) is 4.71. The molecule has 0 radical (unpaired) electrons. The van der Waals surface area contributed by atoms with E-state index >= 15 is 4.79 Å². The molecule has 2 heterocycles. The van der Waals surface area contributed by atoms with Crippen molar-refractivity contribution >= 4 is 52.4 Å². The van der Waals surface area contributed by atoms with Gasteiger partial charge >= 0.3 is 0 Å². The van der Waals surface area contributed by atoms with Gasteiger partial charge in [0, 0.05) is 22.1 Å². The van der Waals surface area contributed by atoms with Crippen LogP contribution in [-0.4, -0.2) is 41.6 Å². The van der Waals surface area contributed by atoms with Gasteiger partial charge in [0.25, 0.3) is 0 Å². The molecule has 2 aliphatic carbocycles. The molecule has 1 N–H and O–H groups in total. The van der Waals surface area contributed by atoms with Gasteiger partial charge in [-0.15, -0.1) is 0 Å². The van der Waals surface area contributed by atoms with Crippen LogP contribution in [0.5, 0.6) is 11.5 Å². The molecule has 4 aliphatic rings. The number of Topliss-reactive ketones (excluding diaryl/α,β-unsaturated/α-hetero) is 1. The zero-order valence-corrected chi connectivity index (χ0v) is 28.5. The summed E-state index contributed by atoms with van der Waals surface area (Å²) >= 11 is 6.38. The van der Waals surface area contributed by atoms with Crippen LogP contribution < -0.4 is 14.5 Å². The smallest absolute Gasteiger partial charge is 0.246 e. The number of ketones is 1. The number of carbonyl (C=O) groups is 5. The molecule has 1 saturated carbocycles. The van der Waals surface area contributed by atoms with E-state index in [2.05, 4.69) is 0 Å². The number of aromatic hydroxyl groups is 1. The molecule has 10 heteroatoms. The van der Waals surface area contributed by atoms with Crippen molar-refractivity contribution in [2.75, 3.05) is 16.9 Å². The van der Waals surface area contributed by atoms with Crippen molar-refractivity contribution in [2.24, 2.45) is 23.7 Å². The Bertz CT molecular complexity index is 2180. The number of methoxy groups -OCH3 is 1. The summed E-state index contributed by atoms with van der Waals surface area (Å²) in [5.41, 5.74) is 1.28. The van der Waals surface area contributed by atoms with Crippen LogP contribution in [0.15, 0.2) is 109 Å². The predicted molar refractivity (Wildman–Crippen MR) is 190 cm³/mol. The van der Waals surface area contributed by atoms with Crippen LogP contribution in [0.2, 0.25) is 5.02 Å². The molecule has 8 rings (SSSR count). The molecule has 4 aromatic carbocycles. The Hall–Kier alpha value is -5.54. The molecule has 256 valence electrons. The number of rotatable bonds is 6. The van der Waals surface area contributed by atoms with Gasteiger partial charge in [-0.05, 0) is 91.9 Å². The number of carbonyl (C=O) groups excluding carboxylic acids is 5. The number of amides is 4. The van der Waals surface area contributed by atoms with Crippen molar-refractivity contribution in [1.29, 1.82) is 0 Å². The molecule has 0 aromatic heterocycles. The summed E-state index contributed by atoms with van der Waals surface area (Å²) in [7, 11) is 1.51. The van der Waals surface area contributed by atoms with Gasteiger partial charge in [-0.2, -0.15) is 0 Å². The molecular weight excluding hydrogens is 668 g/mol. The van der Waals surface area contributed by atoms with Gasteiger partial charge in [0.1, 0.15) is 11.5 Å². The Balaban J connectivity index is 1.34. The van der Waals surface area contributed by atoms with Crippen LogP contribution in [0.3, 0.4) is 0 Å². The highest BCUT2D eigenvalue weighted by Crippen LogP contribution is 2.65. The number of phenols is 1. The average molecular weight is 701 g/mol. The van der Waals surface area contributed by atoms with Crippen molar-refractivity contribution in [2.45, 2.75) is 31.1 Å². The Morgan fingerprint density at radius 3 is 2.25 bits per heavy atom. The first kappa shape index (κ1) is 32.7. The minimum atomic E-state index is -1.53. The first-order chi connectivity index (χ1) is 24.6. The molecule has 6 unspecified atom stereocenters. The highest BCUT2D eigenvalue weighted by Gasteiger charge is 2.70. The Morgan fingerprint density at radius 2 is 1.57 bits per heavy atom. The summed E-state index contributed by atoms with van der Waals surface area (Å²) < 4.78 is 5.59. The Labute approximate surface area is 299 Å². The molecule has 51 heavy (non-hydrogen) atoms. The minimum Gasteiger partial charge on any atom is -0.508 e. The largest absolute Gasteiger partial charge is 0.508 e. The number of halogens is 1. The van der Waals surface area contributed by atoms with Gasteiger partial charge in [0.2, 0.25) is 23.6 Å². The van der Waals surface area contributed by atoms with Gasteiger partial charge in [-0.25, -0.2) is 4.90 Å². The van der Waals surface area contributed by atoms with Crippen molar-refractivity contribution < 1.29 is 33.8 Å². The number of allylic oxidation sites excluding steroid dienone is 2. The van der Waals surface area contributed by atoms with E-state index in [0.717, 1.165) is 0 Å².